The third-order valence-corrected chi connectivity index (χ3v) is 4.12. The maximum absolute atomic E-state index is 12.2. The number of rotatable bonds is 1. The molecule has 1 aliphatic carbocycles. The highest BCUT2D eigenvalue weighted by Crippen LogP contribution is 2.48. The Morgan fingerprint density at radius 1 is 1.47 bits per heavy atom. The molecule has 0 aromatic heterocycles. The van der Waals surface area contributed by atoms with Gasteiger partial charge in [0.15, 0.2) is 0 Å². The zero-order valence-electron chi connectivity index (χ0n) is 11.2. The lowest BCUT2D eigenvalue weighted by Gasteiger charge is -2.58. The predicted molar refractivity (Wildman–Crippen MR) is 66.7 cm³/mol. The molecule has 17 heavy (non-hydrogen) atoms. The number of hydrogen-bond donors (Lipinski definition) is 1. The van der Waals surface area contributed by atoms with Crippen LogP contribution < -0.4 is 5.73 Å². The van der Waals surface area contributed by atoms with Crippen molar-refractivity contribution < 1.29 is 9.53 Å². The summed E-state index contributed by atoms with van der Waals surface area (Å²) in [5.74, 6) is 0.591. The summed E-state index contributed by atoms with van der Waals surface area (Å²) < 4.78 is 5.49. The maximum atomic E-state index is 12.2. The lowest BCUT2D eigenvalue weighted by atomic mass is 9.62. The van der Waals surface area contributed by atoms with Gasteiger partial charge in [-0.1, -0.05) is 0 Å². The molecule has 98 valence electrons. The van der Waals surface area contributed by atoms with Gasteiger partial charge in [0, 0.05) is 13.1 Å². The minimum Gasteiger partial charge on any atom is -0.444 e. The van der Waals surface area contributed by atoms with Crippen LogP contribution in [0.5, 0.6) is 0 Å². The summed E-state index contributed by atoms with van der Waals surface area (Å²) in [5.41, 5.74) is 5.40. The number of fused-ring (bicyclic) bond motifs is 1. The molecule has 1 heterocycles. The van der Waals surface area contributed by atoms with Crippen LogP contribution in [0.1, 0.15) is 46.5 Å². The highest BCUT2D eigenvalue weighted by Gasteiger charge is 2.54. The fraction of sp³-hybridized carbons (Fsp3) is 0.923. The summed E-state index contributed by atoms with van der Waals surface area (Å²) in [4.78, 5) is 14.1. The monoisotopic (exact) mass is 240 g/mol. The molecule has 4 nitrogen and oxygen atoms in total. The molecule has 2 rings (SSSR count). The van der Waals surface area contributed by atoms with Crippen LogP contribution in [0.15, 0.2) is 0 Å². The first-order valence-corrected chi connectivity index (χ1v) is 6.60. The maximum Gasteiger partial charge on any atom is 0.410 e. The summed E-state index contributed by atoms with van der Waals surface area (Å²) in [6.07, 6.45) is 4.33. The van der Waals surface area contributed by atoms with Crippen molar-refractivity contribution in [3.63, 3.8) is 0 Å². The molecule has 1 amide bonds. The Labute approximate surface area is 103 Å². The number of carbonyl (C=O) groups is 1. The zero-order chi connectivity index (χ0) is 12.7. The molecule has 4 heteroatoms. The number of ether oxygens (including phenoxy) is 1. The first kappa shape index (κ1) is 12.7. The highest BCUT2D eigenvalue weighted by atomic mass is 16.6. The second-order valence-electron chi connectivity index (χ2n) is 6.32. The molecule has 1 saturated carbocycles. The second-order valence-corrected chi connectivity index (χ2v) is 6.32. The standard InChI is InChI=1S/C13H24N2O2/c1-12(2,3)17-11(16)15-8-4-5-10-6-7-13(10,15)9-14/h10H,4-9,14H2,1-3H3/t10-,13-/m0/s1. The van der Waals surface area contributed by atoms with Gasteiger partial charge in [-0.15, -0.1) is 0 Å². The number of nitrogens with two attached hydrogens (primary N) is 1. The Hall–Kier alpha value is -0.770. The van der Waals surface area contributed by atoms with Crippen LogP contribution in [-0.2, 0) is 4.74 Å². The Balaban J connectivity index is 2.10. The Bertz CT molecular complexity index is 307. The van der Waals surface area contributed by atoms with Gasteiger partial charge >= 0.3 is 6.09 Å². The smallest absolute Gasteiger partial charge is 0.410 e. The van der Waals surface area contributed by atoms with E-state index in [1.54, 1.807) is 0 Å². The first-order chi connectivity index (χ1) is 7.89. The van der Waals surface area contributed by atoms with E-state index in [0.29, 0.717) is 12.5 Å². The van der Waals surface area contributed by atoms with Crippen molar-refractivity contribution in [3.8, 4) is 0 Å². The quantitative estimate of drug-likeness (QED) is 0.764. The normalized spacial score (nSPS) is 32.7. The van der Waals surface area contributed by atoms with Crippen molar-refractivity contribution in [2.75, 3.05) is 13.1 Å². The van der Waals surface area contributed by atoms with Crippen LogP contribution in [0.2, 0.25) is 0 Å². The van der Waals surface area contributed by atoms with E-state index in [1.807, 2.05) is 25.7 Å². The molecule has 1 aliphatic heterocycles. The molecule has 0 aromatic rings. The van der Waals surface area contributed by atoms with Gasteiger partial charge in [-0.05, 0) is 52.4 Å². The van der Waals surface area contributed by atoms with Crippen molar-refractivity contribution >= 4 is 6.09 Å². The fourth-order valence-electron chi connectivity index (χ4n) is 3.14. The van der Waals surface area contributed by atoms with Crippen LogP contribution in [-0.4, -0.2) is 35.2 Å². The molecule has 2 aliphatic rings. The van der Waals surface area contributed by atoms with Crippen molar-refractivity contribution in [1.82, 2.24) is 4.90 Å². The molecule has 2 atom stereocenters. The first-order valence-electron chi connectivity index (χ1n) is 6.60. The third kappa shape index (κ3) is 2.15. The number of likely N-dealkylation sites (tertiary alicyclic amines) is 1. The molecule has 0 aromatic carbocycles. The van der Waals surface area contributed by atoms with Crippen LogP contribution in [0.3, 0.4) is 0 Å². The van der Waals surface area contributed by atoms with E-state index < -0.39 is 5.60 Å². The number of amides is 1. The van der Waals surface area contributed by atoms with Gasteiger partial charge in [0.2, 0.25) is 0 Å². The summed E-state index contributed by atoms with van der Waals surface area (Å²) in [5, 5.41) is 0. The lowest BCUT2D eigenvalue weighted by Crippen LogP contribution is -2.68. The van der Waals surface area contributed by atoms with Gasteiger partial charge in [-0.25, -0.2) is 4.79 Å². The van der Waals surface area contributed by atoms with Crippen LogP contribution in [0, 0.1) is 5.92 Å². The third-order valence-electron chi connectivity index (χ3n) is 4.12. The molecule has 0 unspecified atom stereocenters. The van der Waals surface area contributed by atoms with E-state index in [9.17, 15) is 4.79 Å². The minimum atomic E-state index is -0.427. The predicted octanol–water partition coefficient (Wildman–Crippen LogP) is 2.12. The minimum absolute atomic E-state index is 0.0966. The summed E-state index contributed by atoms with van der Waals surface area (Å²) in [6.45, 7) is 7.08. The van der Waals surface area contributed by atoms with Gasteiger partial charge in [0.1, 0.15) is 5.60 Å². The van der Waals surface area contributed by atoms with E-state index in [0.717, 1.165) is 19.4 Å². The van der Waals surface area contributed by atoms with E-state index in [2.05, 4.69) is 0 Å². The van der Waals surface area contributed by atoms with Crippen molar-refractivity contribution in [2.45, 2.75) is 57.6 Å². The second kappa shape index (κ2) is 4.16. The molecule has 0 spiro atoms. The topological polar surface area (TPSA) is 55.6 Å². The molecule has 0 radical (unpaired) electrons. The summed E-state index contributed by atoms with van der Waals surface area (Å²) in [6, 6.07) is 0. The van der Waals surface area contributed by atoms with Crippen molar-refractivity contribution in [2.24, 2.45) is 11.7 Å². The molecular formula is C13H24N2O2. The number of hydrogen-bond acceptors (Lipinski definition) is 3. The highest BCUT2D eigenvalue weighted by molar-refractivity contribution is 5.70. The Morgan fingerprint density at radius 2 is 2.18 bits per heavy atom. The summed E-state index contributed by atoms with van der Waals surface area (Å²) >= 11 is 0. The SMILES string of the molecule is CC(C)(C)OC(=O)N1CCC[C@H]2CC[C@]21CN. The number of carbonyl (C=O) groups excluding carboxylic acids is 1. The van der Waals surface area contributed by atoms with E-state index in [-0.39, 0.29) is 11.6 Å². The van der Waals surface area contributed by atoms with Gasteiger partial charge in [0.05, 0.1) is 5.54 Å². The fourth-order valence-corrected chi connectivity index (χ4v) is 3.14. The Kier molecular flexibility index (Phi) is 3.10. The van der Waals surface area contributed by atoms with Gasteiger partial charge in [-0.2, -0.15) is 0 Å². The van der Waals surface area contributed by atoms with Gasteiger partial charge < -0.3 is 15.4 Å². The van der Waals surface area contributed by atoms with Crippen LogP contribution in [0.4, 0.5) is 4.79 Å². The average Bonchev–Trinajstić information content (AvgIpc) is 2.17. The van der Waals surface area contributed by atoms with Crippen LogP contribution >= 0.6 is 0 Å². The van der Waals surface area contributed by atoms with E-state index in [4.69, 9.17) is 10.5 Å². The Morgan fingerprint density at radius 3 is 2.65 bits per heavy atom. The number of piperidine rings is 1. The number of nitrogens with zero attached hydrogens (tertiary/aromatic N) is 1. The van der Waals surface area contributed by atoms with Crippen molar-refractivity contribution in [3.05, 3.63) is 0 Å². The molecular weight excluding hydrogens is 216 g/mol. The van der Waals surface area contributed by atoms with E-state index >= 15 is 0 Å². The molecule has 1 saturated heterocycles. The molecule has 0 bridgehead atoms. The van der Waals surface area contributed by atoms with E-state index in [1.165, 1.54) is 12.8 Å². The average molecular weight is 240 g/mol. The summed E-state index contributed by atoms with van der Waals surface area (Å²) in [7, 11) is 0. The zero-order valence-corrected chi connectivity index (χ0v) is 11.2. The lowest BCUT2D eigenvalue weighted by molar-refractivity contribution is -0.0771. The largest absolute Gasteiger partial charge is 0.444 e. The van der Waals surface area contributed by atoms with Crippen LogP contribution in [0.25, 0.3) is 0 Å². The van der Waals surface area contributed by atoms with Crippen molar-refractivity contribution in [1.29, 1.82) is 0 Å². The molecule has 2 N–H and O–H groups in total. The molecule has 2 fully saturated rings. The van der Waals surface area contributed by atoms with Gasteiger partial charge in [0.25, 0.3) is 0 Å². The van der Waals surface area contributed by atoms with Gasteiger partial charge in [-0.3, -0.25) is 0 Å².